The van der Waals surface area contributed by atoms with Crippen LogP contribution in [0.3, 0.4) is 0 Å². The Morgan fingerprint density at radius 3 is 2.68 bits per heavy atom. The SMILES string of the molecule is CC(C)(C)c1ccc(OCc2ncc(C(=O)NCC3CCOC3)c(=O)[nH]2)cc1. The van der Waals surface area contributed by atoms with Crippen molar-refractivity contribution in [2.45, 2.75) is 39.2 Å². The van der Waals surface area contributed by atoms with Crippen LogP contribution in [0.4, 0.5) is 0 Å². The summed E-state index contributed by atoms with van der Waals surface area (Å²) in [6, 6.07) is 7.84. The third kappa shape index (κ3) is 5.19. The summed E-state index contributed by atoms with van der Waals surface area (Å²) in [7, 11) is 0. The van der Waals surface area contributed by atoms with E-state index in [-0.39, 0.29) is 17.6 Å². The van der Waals surface area contributed by atoms with E-state index in [1.165, 1.54) is 11.8 Å². The number of nitrogens with one attached hydrogen (secondary N) is 2. The quantitative estimate of drug-likeness (QED) is 0.797. The molecule has 3 rings (SSSR count). The molecule has 1 saturated heterocycles. The molecule has 1 amide bonds. The maximum absolute atomic E-state index is 12.2. The number of hydrogen-bond acceptors (Lipinski definition) is 5. The Morgan fingerprint density at radius 2 is 2.07 bits per heavy atom. The van der Waals surface area contributed by atoms with Gasteiger partial charge >= 0.3 is 0 Å². The average molecular weight is 385 g/mol. The Balaban J connectivity index is 1.56. The zero-order chi connectivity index (χ0) is 20.1. The normalized spacial score (nSPS) is 16.8. The molecule has 1 aromatic carbocycles. The molecule has 0 aliphatic carbocycles. The van der Waals surface area contributed by atoms with Crippen LogP contribution in [-0.2, 0) is 16.8 Å². The number of amides is 1. The highest BCUT2D eigenvalue weighted by Gasteiger charge is 2.18. The molecule has 2 N–H and O–H groups in total. The number of carbonyl (C=O) groups is 1. The molecule has 1 fully saturated rings. The van der Waals surface area contributed by atoms with Gasteiger partial charge < -0.3 is 19.8 Å². The molecule has 1 atom stereocenters. The Morgan fingerprint density at radius 1 is 1.32 bits per heavy atom. The van der Waals surface area contributed by atoms with Crippen molar-refractivity contribution in [2.75, 3.05) is 19.8 Å². The first kappa shape index (κ1) is 20.1. The van der Waals surface area contributed by atoms with Crippen LogP contribution in [0.2, 0.25) is 0 Å². The molecule has 7 heteroatoms. The second kappa shape index (κ2) is 8.56. The van der Waals surface area contributed by atoms with Gasteiger partial charge in [-0.1, -0.05) is 32.9 Å². The first-order chi connectivity index (χ1) is 13.3. The molecule has 0 bridgehead atoms. The number of ether oxygens (including phenoxy) is 2. The number of carbonyl (C=O) groups excluding carboxylic acids is 1. The van der Waals surface area contributed by atoms with E-state index in [2.05, 4.69) is 36.1 Å². The van der Waals surface area contributed by atoms with Crippen LogP contribution in [0, 0.1) is 5.92 Å². The van der Waals surface area contributed by atoms with E-state index in [4.69, 9.17) is 9.47 Å². The van der Waals surface area contributed by atoms with Crippen molar-refractivity contribution in [2.24, 2.45) is 5.92 Å². The molecule has 1 aromatic heterocycles. The Labute approximate surface area is 164 Å². The number of H-pyrrole nitrogens is 1. The fraction of sp³-hybridized carbons (Fsp3) is 0.476. The molecule has 2 heterocycles. The van der Waals surface area contributed by atoms with Crippen LogP contribution in [0.15, 0.2) is 35.3 Å². The first-order valence-corrected chi connectivity index (χ1v) is 9.50. The lowest BCUT2D eigenvalue weighted by molar-refractivity contribution is 0.0943. The van der Waals surface area contributed by atoms with Crippen molar-refractivity contribution in [1.82, 2.24) is 15.3 Å². The van der Waals surface area contributed by atoms with Crippen molar-refractivity contribution in [3.63, 3.8) is 0 Å². The molecule has 0 spiro atoms. The van der Waals surface area contributed by atoms with Gasteiger partial charge in [0, 0.05) is 25.3 Å². The Hall–Kier alpha value is -2.67. The lowest BCUT2D eigenvalue weighted by Crippen LogP contribution is -2.34. The number of aromatic amines is 1. The van der Waals surface area contributed by atoms with Crippen LogP contribution in [0.25, 0.3) is 0 Å². The highest BCUT2D eigenvalue weighted by molar-refractivity contribution is 5.93. The Bertz CT molecular complexity index is 862. The fourth-order valence-corrected chi connectivity index (χ4v) is 2.95. The van der Waals surface area contributed by atoms with E-state index in [0.29, 0.717) is 30.6 Å². The molecule has 0 saturated carbocycles. The van der Waals surface area contributed by atoms with Gasteiger partial charge in [0.25, 0.3) is 11.5 Å². The van der Waals surface area contributed by atoms with Crippen molar-refractivity contribution < 1.29 is 14.3 Å². The molecule has 28 heavy (non-hydrogen) atoms. The maximum atomic E-state index is 12.2. The standard InChI is InChI=1S/C21H27N3O4/c1-21(2,3)15-4-6-16(7-5-15)28-13-18-22-11-17(20(26)24-18)19(25)23-10-14-8-9-27-12-14/h4-7,11,14H,8-10,12-13H2,1-3H3,(H,23,25)(H,22,24,26). The fourth-order valence-electron chi connectivity index (χ4n) is 2.95. The van der Waals surface area contributed by atoms with E-state index in [9.17, 15) is 9.59 Å². The molecule has 0 radical (unpaired) electrons. The predicted octanol–water partition coefficient (Wildman–Crippen LogP) is 2.41. The van der Waals surface area contributed by atoms with E-state index in [1.54, 1.807) is 0 Å². The third-order valence-electron chi connectivity index (χ3n) is 4.77. The minimum atomic E-state index is -0.475. The van der Waals surface area contributed by atoms with Gasteiger partial charge in [-0.15, -0.1) is 0 Å². The third-order valence-corrected chi connectivity index (χ3v) is 4.77. The number of aromatic nitrogens is 2. The van der Waals surface area contributed by atoms with Gasteiger partial charge in [0.05, 0.1) is 6.61 Å². The minimum Gasteiger partial charge on any atom is -0.486 e. The highest BCUT2D eigenvalue weighted by Crippen LogP contribution is 2.24. The Kier molecular flexibility index (Phi) is 6.14. The summed E-state index contributed by atoms with van der Waals surface area (Å²) in [5, 5.41) is 2.77. The predicted molar refractivity (Wildman–Crippen MR) is 106 cm³/mol. The first-order valence-electron chi connectivity index (χ1n) is 9.50. The van der Waals surface area contributed by atoms with E-state index in [0.717, 1.165) is 13.0 Å². The summed E-state index contributed by atoms with van der Waals surface area (Å²) in [5.41, 5.74) is 0.812. The van der Waals surface area contributed by atoms with Gasteiger partial charge in [0.2, 0.25) is 0 Å². The van der Waals surface area contributed by atoms with Crippen molar-refractivity contribution in [1.29, 1.82) is 0 Å². The largest absolute Gasteiger partial charge is 0.486 e. The van der Waals surface area contributed by atoms with Gasteiger partial charge in [-0.25, -0.2) is 4.98 Å². The van der Waals surface area contributed by atoms with Crippen LogP contribution < -0.4 is 15.6 Å². The second-order valence-electron chi connectivity index (χ2n) is 8.08. The van der Waals surface area contributed by atoms with Gasteiger partial charge in [-0.2, -0.15) is 0 Å². The average Bonchev–Trinajstić information content (AvgIpc) is 3.18. The summed E-state index contributed by atoms with van der Waals surface area (Å²) < 4.78 is 11.0. The molecule has 1 unspecified atom stereocenters. The van der Waals surface area contributed by atoms with Gasteiger partial charge in [0.1, 0.15) is 23.7 Å². The zero-order valence-electron chi connectivity index (χ0n) is 16.6. The molecule has 150 valence electrons. The van der Waals surface area contributed by atoms with Crippen LogP contribution in [0.1, 0.15) is 48.9 Å². The highest BCUT2D eigenvalue weighted by atomic mass is 16.5. The summed E-state index contributed by atoms with van der Waals surface area (Å²) in [6.45, 7) is 8.42. The van der Waals surface area contributed by atoms with Crippen molar-refractivity contribution in [3.8, 4) is 5.75 Å². The lowest BCUT2D eigenvalue weighted by Gasteiger charge is -2.19. The van der Waals surface area contributed by atoms with E-state index in [1.807, 2.05) is 24.3 Å². The lowest BCUT2D eigenvalue weighted by atomic mass is 9.87. The monoisotopic (exact) mass is 385 g/mol. The summed E-state index contributed by atoms with van der Waals surface area (Å²) >= 11 is 0. The van der Waals surface area contributed by atoms with Crippen LogP contribution >= 0.6 is 0 Å². The molecule has 1 aliphatic rings. The number of rotatable bonds is 6. The molecular formula is C21H27N3O4. The van der Waals surface area contributed by atoms with Crippen LogP contribution in [-0.4, -0.2) is 35.6 Å². The molecular weight excluding hydrogens is 358 g/mol. The molecule has 7 nitrogen and oxygen atoms in total. The number of hydrogen-bond donors (Lipinski definition) is 2. The number of benzene rings is 1. The number of nitrogens with zero attached hydrogens (tertiary/aromatic N) is 1. The van der Waals surface area contributed by atoms with Crippen molar-refractivity contribution >= 4 is 5.91 Å². The van der Waals surface area contributed by atoms with Crippen molar-refractivity contribution in [3.05, 3.63) is 57.8 Å². The molecule has 2 aromatic rings. The summed E-state index contributed by atoms with van der Waals surface area (Å²) in [6.07, 6.45) is 2.21. The maximum Gasteiger partial charge on any atom is 0.263 e. The molecule has 1 aliphatic heterocycles. The van der Waals surface area contributed by atoms with E-state index >= 15 is 0 Å². The zero-order valence-corrected chi connectivity index (χ0v) is 16.6. The van der Waals surface area contributed by atoms with Crippen LogP contribution in [0.5, 0.6) is 5.75 Å². The summed E-state index contributed by atoms with van der Waals surface area (Å²) in [4.78, 5) is 31.1. The van der Waals surface area contributed by atoms with Gasteiger partial charge in [0.15, 0.2) is 0 Å². The smallest absolute Gasteiger partial charge is 0.263 e. The van der Waals surface area contributed by atoms with E-state index < -0.39 is 11.5 Å². The second-order valence-corrected chi connectivity index (χ2v) is 8.08. The van der Waals surface area contributed by atoms with Gasteiger partial charge in [-0.05, 0) is 29.5 Å². The van der Waals surface area contributed by atoms with Gasteiger partial charge in [-0.3, -0.25) is 9.59 Å². The summed E-state index contributed by atoms with van der Waals surface area (Å²) in [5.74, 6) is 0.932. The minimum absolute atomic E-state index is 0.00260. The topological polar surface area (TPSA) is 93.3 Å².